The van der Waals surface area contributed by atoms with Gasteiger partial charge in [-0.2, -0.15) is 0 Å². The Morgan fingerprint density at radius 1 is 1.29 bits per heavy atom. The van der Waals surface area contributed by atoms with E-state index in [1.807, 2.05) is 0 Å². The zero-order chi connectivity index (χ0) is 10.1. The molecule has 0 aliphatic heterocycles. The van der Waals surface area contributed by atoms with Gasteiger partial charge in [0.1, 0.15) is 0 Å². The van der Waals surface area contributed by atoms with E-state index in [2.05, 4.69) is 0 Å². The summed E-state index contributed by atoms with van der Waals surface area (Å²) in [5.74, 6) is -2.69. The molecule has 1 fully saturated rings. The van der Waals surface area contributed by atoms with Crippen LogP contribution in [-0.4, -0.2) is 51.7 Å². The molecule has 1 aliphatic rings. The molecule has 0 radical (unpaired) electrons. The molecule has 5 heteroatoms. The van der Waals surface area contributed by atoms with Crippen LogP contribution in [0.1, 0.15) is 32.6 Å². The zero-order valence-electron chi connectivity index (χ0n) is 7.62. The second-order valence-electron chi connectivity index (χ2n) is 3.86. The van der Waals surface area contributed by atoms with Crippen molar-refractivity contribution in [1.82, 2.24) is 0 Å². The van der Waals surface area contributed by atoms with Crippen molar-refractivity contribution < 1.29 is 19.8 Å². The predicted molar refractivity (Wildman–Crippen MR) is 52.5 cm³/mol. The summed E-state index contributed by atoms with van der Waals surface area (Å²) in [5.41, 5.74) is -1.07. The van der Waals surface area contributed by atoms with Crippen molar-refractivity contribution in [2.45, 2.75) is 32.6 Å². The van der Waals surface area contributed by atoms with Gasteiger partial charge in [-0.3, -0.25) is 9.59 Å². The van der Waals surface area contributed by atoms with E-state index in [-0.39, 0.29) is 29.6 Å². The van der Waals surface area contributed by atoms with E-state index in [0.717, 1.165) is 12.8 Å². The first-order chi connectivity index (χ1) is 5.98. The second kappa shape index (κ2) is 5.14. The predicted octanol–water partition coefficient (Wildman–Crippen LogP) is 0.704. The first kappa shape index (κ1) is 13.9. The molecule has 1 saturated carbocycles. The van der Waals surface area contributed by atoms with E-state index in [1.54, 1.807) is 0 Å². The number of hydrogen-bond acceptors (Lipinski definition) is 2. The maximum atomic E-state index is 10.9. The molecule has 0 saturated heterocycles. The Balaban J connectivity index is 0.00000169. The average molecular weight is 210 g/mol. The second-order valence-corrected chi connectivity index (χ2v) is 3.86. The summed E-state index contributed by atoms with van der Waals surface area (Å²) >= 11 is 0. The Kier molecular flexibility index (Phi) is 5.12. The molecule has 0 spiro atoms. The van der Waals surface area contributed by atoms with Crippen molar-refractivity contribution in [3.05, 3.63) is 0 Å². The van der Waals surface area contributed by atoms with Crippen molar-refractivity contribution in [2.24, 2.45) is 11.3 Å². The fourth-order valence-corrected chi connectivity index (χ4v) is 1.99. The van der Waals surface area contributed by atoms with Crippen LogP contribution in [-0.2, 0) is 9.59 Å². The van der Waals surface area contributed by atoms with Crippen LogP contribution >= 0.6 is 0 Å². The SMILES string of the molecule is CC1(C(=O)O)CCCCC1C(=O)O.[NaH]. The summed E-state index contributed by atoms with van der Waals surface area (Å²) in [6.07, 6.45) is 2.59. The van der Waals surface area contributed by atoms with Crippen LogP contribution in [0.2, 0.25) is 0 Å². The zero-order valence-corrected chi connectivity index (χ0v) is 7.62. The number of aliphatic carboxylic acids is 2. The third-order valence-electron chi connectivity index (χ3n) is 2.99. The van der Waals surface area contributed by atoms with Crippen LogP contribution in [0.5, 0.6) is 0 Å². The number of carboxylic acids is 2. The van der Waals surface area contributed by atoms with Crippen molar-refractivity contribution in [3.63, 3.8) is 0 Å². The van der Waals surface area contributed by atoms with Crippen molar-refractivity contribution in [2.75, 3.05) is 0 Å². The van der Waals surface area contributed by atoms with Gasteiger partial charge >= 0.3 is 41.5 Å². The van der Waals surface area contributed by atoms with Crippen LogP contribution in [0.3, 0.4) is 0 Å². The molecule has 2 atom stereocenters. The number of hydrogen-bond donors (Lipinski definition) is 2. The molecule has 0 heterocycles. The Morgan fingerprint density at radius 2 is 1.86 bits per heavy atom. The summed E-state index contributed by atoms with van der Waals surface area (Å²) in [6, 6.07) is 0. The molecule has 1 aliphatic carbocycles. The minimum absolute atomic E-state index is 0. The first-order valence-electron chi connectivity index (χ1n) is 4.44. The summed E-state index contributed by atoms with van der Waals surface area (Å²) in [6.45, 7) is 1.54. The van der Waals surface area contributed by atoms with Gasteiger partial charge in [-0.05, 0) is 19.8 Å². The van der Waals surface area contributed by atoms with Crippen LogP contribution in [0.4, 0.5) is 0 Å². The summed E-state index contributed by atoms with van der Waals surface area (Å²) in [4.78, 5) is 21.7. The Hall–Kier alpha value is -0.0600. The van der Waals surface area contributed by atoms with E-state index in [4.69, 9.17) is 10.2 Å². The van der Waals surface area contributed by atoms with Gasteiger partial charge in [0.05, 0.1) is 11.3 Å². The van der Waals surface area contributed by atoms with Gasteiger partial charge in [0.2, 0.25) is 0 Å². The quantitative estimate of drug-likeness (QED) is 0.658. The van der Waals surface area contributed by atoms with E-state index in [9.17, 15) is 9.59 Å². The normalized spacial score (nSPS) is 31.6. The first-order valence-corrected chi connectivity index (χ1v) is 4.44. The Labute approximate surface area is 105 Å². The molecule has 4 nitrogen and oxygen atoms in total. The van der Waals surface area contributed by atoms with Crippen molar-refractivity contribution in [3.8, 4) is 0 Å². The number of carboxylic acid groups (broad SMARTS) is 2. The topological polar surface area (TPSA) is 74.6 Å². The molecular formula is C9H15NaO4. The fraction of sp³-hybridized carbons (Fsp3) is 0.778. The van der Waals surface area contributed by atoms with Gasteiger partial charge in [0.25, 0.3) is 0 Å². The molecule has 14 heavy (non-hydrogen) atoms. The summed E-state index contributed by atoms with van der Waals surface area (Å²) in [7, 11) is 0. The molecule has 0 aromatic rings. The van der Waals surface area contributed by atoms with E-state index < -0.39 is 23.3 Å². The van der Waals surface area contributed by atoms with Crippen molar-refractivity contribution in [1.29, 1.82) is 0 Å². The van der Waals surface area contributed by atoms with Gasteiger partial charge in [-0.15, -0.1) is 0 Å². The van der Waals surface area contributed by atoms with Crippen LogP contribution in [0.25, 0.3) is 0 Å². The van der Waals surface area contributed by atoms with E-state index in [1.165, 1.54) is 6.92 Å². The number of rotatable bonds is 2. The molecule has 0 amide bonds. The maximum absolute atomic E-state index is 10.9. The van der Waals surface area contributed by atoms with Gasteiger partial charge in [-0.1, -0.05) is 12.8 Å². The molecule has 0 bridgehead atoms. The fourth-order valence-electron chi connectivity index (χ4n) is 1.99. The van der Waals surface area contributed by atoms with Gasteiger partial charge < -0.3 is 10.2 Å². The molecule has 76 valence electrons. The average Bonchev–Trinajstić information content (AvgIpc) is 2.04. The third-order valence-corrected chi connectivity index (χ3v) is 2.99. The Bertz CT molecular complexity index is 241. The van der Waals surface area contributed by atoms with Gasteiger partial charge in [-0.25, -0.2) is 0 Å². The van der Waals surface area contributed by atoms with Crippen molar-refractivity contribution >= 4 is 41.5 Å². The molecule has 0 aromatic heterocycles. The molecule has 2 N–H and O–H groups in total. The van der Waals surface area contributed by atoms with Crippen LogP contribution in [0, 0.1) is 11.3 Å². The molecular weight excluding hydrogens is 195 g/mol. The summed E-state index contributed by atoms with van der Waals surface area (Å²) < 4.78 is 0. The monoisotopic (exact) mass is 210 g/mol. The van der Waals surface area contributed by atoms with E-state index >= 15 is 0 Å². The molecule has 1 rings (SSSR count). The van der Waals surface area contributed by atoms with Crippen LogP contribution < -0.4 is 0 Å². The number of carbonyl (C=O) groups is 2. The molecule has 2 unspecified atom stereocenters. The van der Waals surface area contributed by atoms with Crippen LogP contribution in [0.15, 0.2) is 0 Å². The van der Waals surface area contributed by atoms with Gasteiger partial charge in [0.15, 0.2) is 0 Å². The van der Waals surface area contributed by atoms with Gasteiger partial charge in [0, 0.05) is 0 Å². The minimum atomic E-state index is -1.07. The third kappa shape index (κ3) is 2.49. The molecule has 0 aromatic carbocycles. The standard InChI is InChI=1S/C9H14O4.Na.H/c1-9(8(12)13)5-3-2-4-6(9)7(10)11;;/h6H,2-5H2,1H3,(H,10,11)(H,12,13);;. The Morgan fingerprint density at radius 3 is 2.21 bits per heavy atom. The van der Waals surface area contributed by atoms with E-state index in [0.29, 0.717) is 12.8 Å². The summed E-state index contributed by atoms with van der Waals surface area (Å²) in [5, 5.41) is 17.8.